The molecule has 0 aliphatic heterocycles. The number of imidazole rings is 1. The van der Waals surface area contributed by atoms with Gasteiger partial charge in [-0.1, -0.05) is 0 Å². The van der Waals surface area contributed by atoms with Crippen molar-refractivity contribution < 1.29 is 14.3 Å². The Morgan fingerprint density at radius 1 is 1.53 bits per heavy atom. The second-order valence-electron chi connectivity index (χ2n) is 3.54. The molecule has 0 bridgehead atoms. The van der Waals surface area contributed by atoms with Crippen LogP contribution in [0.5, 0.6) is 0 Å². The number of carbonyl (C=O) groups is 1. The first-order valence-electron chi connectivity index (χ1n) is 4.83. The molecule has 0 amide bonds. The van der Waals surface area contributed by atoms with Crippen molar-refractivity contribution in [3.63, 3.8) is 0 Å². The fourth-order valence-corrected chi connectivity index (χ4v) is 1.58. The highest BCUT2D eigenvalue weighted by Gasteiger charge is 2.15. The van der Waals surface area contributed by atoms with Gasteiger partial charge in [0.25, 0.3) is 0 Å². The standard InChI is InChI=1S/C11H10FN3O2/c1-6-14-2-3-15(6)10-4-7(11(16)17)9(13)5-8(10)12/h2-5H,13H2,1H3,(H,16,17). The predicted molar refractivity (Wildman–Crippen MR) is 59.6 cm³/mol. The summed E-state index contributed by atoms with van der Waals surface area (Å²) in [5.74, 6) is -1.22. The summed E-state index contributed by atoms with van der Waals surface area (Å²) in [5.41, 5.74) is 5.32. The van der Waals surface area contributed by atoms with E-state index in [0.29, 0.717) is 5.82 Å². The first kappa shape index (κ1) is 11.1. The van der Waals surface area contributed by atoms with Gasteiger partial charge in [0.15, 0.2) is 0 Å². The minimum absolute atomic E-state index is 0.100. The Labute approximate surface area is 96.3 Å². The molecule has 0 spiro atoms. The first-order chi connectivity index (χ1) is 8.00. The molecule has 0 atom stereocenters. The van der Waals surface area contributed by atoms with E-state index in [1.54, 1.807) is 13.1 Å². The maximum absolute atomic E-state index is 13.7. The van der Waals surface area contributed by atoms with E-state index in [1.807, 2.05) is 0 Å². The number of aromatic carboxylic acids is 1. The van der Waals surface area contributed by atoms with Crippen molar-refractivity contribution in [3.8, 4) is 5.69 Å². The summed E-state index contributed by atoms with van der Waals surface area (Å²) >= 11 is 0. The average Bonchev–Trinajstić information content (AvgIpc) is 2.64. The number of carboxylic acids is 1. The number of hydrogen-bond donors (Lipinski definition) is 2. The van der Waals surface area contributed by atoms with Gasteiger partial charge in [0.1, 0.15) is 11.6 Å². The van der Waals surface area contributed by atoms with E-state index in [0.717, 1.165) is 6.07 Å². The van der Waals surface area contributed by atoms with E-state index in [-0.39, 0.29) is 16.9 Å². The second-order valence-corrected chi connectivity index (χ2v) is 3.54. The number of carboxylic acid groups (broad SMARTS) is 1. The molecule has 5 nitrogen and oxygen atoms in total. The lowest BCUT2D eigenvalue weighted by Crippen LogP contribution is -2.07. The molecule has 88 valence electrons. The van der Waals surface area contributed by atoms with E-state index in [4.69, 9.17) is 10.8 Å². The predicted octanol–water partition coefficient (Wildman–Crippen LogP) is 1.60. The highest BCUT2D eigenvalue weighted by atomic mass is 19.1. The van der Waals surface area contributed by atoms with Gasteiger partial charge in [-0.3, -0.25) is 0 Å². The molecule has 0 fully saturated rings. The number of nitrogens with zero attached hydrogens (tertiary/aromatic N) is 2. The topological polar surface area (TPSA) is 81.1 Å². The third-order valence-electron chi connectivity index (χ3n) is 2.43. The largest absolute Gasteiger partial charge is 0.478 e. The minimum Gasteiger partial charge on any atom is -0.478 e. The number of rotatable bonds is 2. The van der Waals surface area contributed by atoms with Gasteiger partial charge in [0, 0.05) is 18.1 Å². The summed E-state index contributed by atoms with van der Waals surface area (Å²) in [5, 5.41) is 8.92. The molecule has 2 rings (SSSR count). The molecule has 0 saturated carbocycles. The fourth-order valence-electron chi connectivity index (χ4n) is 1.58. The van der Waals surface area contributed by atoms with Crippen LogP contribution in [-0.4, -0.2) is 20.6 Å². The van der Waals surface area contributed by atoms with Crippen LogP contribution >= 0.6 is 0 Å². The molecule has 6 heteroatoms. The van der Waals surface area contributed by atoms with Gasteiger partial charge in [0.2, 0.25) is 0 Å². The summed E-state index contributed by atoms with van der Waals surface area (Å²) in [4.78, 5) is 14.9. The van der Waals surface area contributed by atoms with Crippen LogP contribution in [0.1, 0.15) is 16.2 Å². The second kappa shape index (κ2) is 3.89. The van der Waals surface area contributed by atoms with Crippen molar-refractivity contribution in [2.45, 2.75) is 6.92 Å². The quantitative estimate of drug-likeness (QED) is 0.774. The molecule has 17 heavy (non-hydrogen) atoms. The molecule has 2 aromatic rings. The maximum atomic E-state index is 13.7. The number of aromatic nitrogens is 2. The number of benzene rings is 1. The van der Waals surface area contributed by atoms with E-state index < -0.39 is 11.8 Å². The van der Waals surface area contributed by atoms with Crippen LogP contribution in [0.25, 0.3) is 5.69 Å². The molecule has 0 saturated heterocycles. The Hall–Kier alpha value is -2.37. The molecule has 1 aromatic heterocycles. The van der Waals surface area contributed by atoms with Crippen molar-refractivity contribution in [3.05, 3.63) is 41.7 Å². The zero-order valence-corrected chi connectivity index (χ0v) is 9.01. The van der Waals surface area contributed by atoms with E-state index in [1.165, 1.54) is 16.8 Å². The Balaban J connectivity index is 2.67. The normalized spacial score (nSPS) is 10.5. The lowest BCUT2D eigenvalue weighted by atomic mass is 10.1. The highest BCUT2D eigenvalue weighted by molar-refractivity contribution is 5.94. The van der Waals surface area contributed by atoms with Crippen LogP contribution in [0.2, 0.25) is 0 Å². The van der Waals surface area contributed by atoms with Crippen molar-refractivity contribution in [2.24, 2.45) is 0 Å². The molecule has 1 aromatic carbocycles. The van der Waals surface area contributed by atoms with Crippen LogP contribution in [0, 0.1) is 12.7 Å². The summed E-state index contributed by atoms with van der Waals surface area (Å²) in [6.07, 6.45) is 3.06. The summed E-state index contributed by atoms with van der Waals surface area (Å²) in [6.45, 7) is 1.69. The number of nitrogen functional groups attached to an aromatic ring is 1. The zero-order valence-electron chi connectivity index (χ0n) is 9.01. The van der Waals surface area contributed by atoms with Gasteiger partial charge in [-0.05, 0) is 19.1 Å². The summed E-state index contributed by atoms with van der Waals surface area (Å²) in [7, 11) is 0. The van der Waals surface area contributed by atoms with Crippen molar-refractivity contribution >= 4 is 11.7 Å². The third-order valence-corrected chi connectivity index (χ3v) is 2.43. The van der Waals surface area contributed by atoms with E-state index in [9.17, 15) is 9.18 Å². The number of anilines is 1. The molecular formula is C11H10FN3O2. The molecule has 0 aliphatic rings. The average molecular weight is 235 g/mol. The highest BCUT2D eigenvalue weighted by Crippen LogP contribution is 2.22. The van der Waals surface area contributed by atoms with Gasteiger partial charge in [-0.25, -0.2) is 14.2 Å². The number of hydrogen-bond acceptors (Lipinski definition) is 3. The molecular weight excluding hydrogens is 225 g/mol. The summed E-state index contributed by atoms with van der Waals surface area (Å²) < 4.78 is 15.2. The van der Waals surface area contributed by atoms with Crippen LogP contribution in [0.15, 0.2) is 24.5 Å². The third kappa shape index (κ3) is 1.84. The SMILES string of the molecule is Cc1nccn1-c1cc(C(=O)O)c(N)cc1F. The van der Waals surface area contributed by atoms with Crippen molar-refractivity contribution in [1.82, 2.24) is 9.55 Å². The van der Waals surface area contributed by atoms with Crippen LogP contribution in [-0.2, 0) is 0 Å². The molecule has 0 unspecified atom stereocenters. The Morgan fingerprint density at radius 3 is 2.76 bits per heavy atom. The van der Waals surface area contributed by atoms with Crippen molar-refractivity contribution in [2.75, 3.05) is 5.73 Å². The summed E-state index contributed by atoms with van der Waals surface area (Å²) in [6, 6.07) is 2.19. The lowest BCUT2D eigenvalue weighted by Gasteiger charge is -2.09. The van der Waals surface area contributed by atoms with Gasteiger partial charge in [-0.2, -0.15) is 0 Å². The Kier molecular flexibility index (Phi) is 2.55. The lowest BCUT2D eigenvalue weighted by molar-refractivity contribution is 0.0698. The van der Waals surface area contributed by atoms with Gasteiger partial charge in [0.05, 0.1) is 11.3 Å². The smallest absolute Gasteiger partial charge is 0.337 e. The van der Waals surface area contributed by atoms with E-state index >= 15 is 0 Å². The zero-order chi connectivity index (χ0) is 12.6. The number of halogens is 1. The van der Waals surface area contributed by atoms with Crippen LogP contribution in [0.4, 0.5) is 10.1 Å². The first-order valence-corrected chi connectivity index (χ1v) is 4.83. The molecule has 1 heterocycles. The van der Waals surface area contributed by atoms with Gasteiger partial charge >= 0.3 is 5.97 Å². The maximum Gasteiger partial charge on any atom is 0.337 e. The molecule has 0 aliphatic carbocycles. The fraction of sp³-hybridized carbons (Fsp3) is 0.0909. The Bertz CT molecular complexity index is 592. The van der Waals surface area contributed by atoms with Gasteiger partial charge in [-0.15, -0.1) is 0 Å². The molecule has 3 N–H and O–H groups in total. The number of nitrogens with two attached hydrogens (primary N) is 1. The van der Waals surface area contributed by atoms with Gasteiger partial charge < -0.3 is 15.4 Å². The number of aryl methyl sites for hydroxylation is 1. The molecule has 0 radical (unpaired) electrons. The minimum atomic E-state index is -1.19. The van der Waals surface area contributed by atoms with Crippen LogP contribution in [0.3, 0.4) is 0 Å². The monoisotopic (exact) mass is 235 g/mol. The van der Waals surface area contributed by atoms with Crippen LogP contribution < -0.4 is 5.73 Å². The van der Waals surface area contributed by atoms with E-state index in [2.05, 4.69) is 4.98 Å². The Morgan fingerprint density at radius 2 is 2.24 bits per heavy atom. The van der Waals surface area contributed by atoms with Crippen molar-refractivity contribution in [1.29, 1.82) is 0 Å².